The normalized spacial score (nSPS) is 17.0. The van der Waals surface area contributed by atoms with Gasteiger partial charge in [-0.25, -0.2) is 9.18 Å². The van der Waals surface area contributed by atoms with E-state index in [0.717, 1.165) is 25.1 Å². The Hall–Kier alpha value is -2.89. The van der Waals surface area contributed by atoms with Crippen molar-refractivity contribution in [1.82, 2.24) is 4.98 Å². The second-order valence-electron chi connectivity index (χ2n) is 6.27. The number of fused-ring (bicyclic) bond motifs is 1. The van der Waals surface area contributed by atoms with E-state index in [1.807, 2.05) is 12.1 Å². The predicted molar refractivity (Wildman–Crippen MR) is 95.7 cm³/mol. The number of hydrogen-bond donors (Lipinski definition) is 0. The molecule has 6 heteroatoms. The quantitative estimate of drug-likeness (QED) is 0.646. The van der Waals surface area contributed by atoms with E-state index in [4.69, 9.17) is 9.15 Å². The first kappa shape index (κ1) is 16.6. The van der Waals surface area contributed by atoms with Gasteiger partial charge in [0.2, 0.25) is 0 Å². The number of halogens is 1. The Morgan fingerprint density at radius 1 is 1.42 bits per heavy atom. The number of pyridine rings is 1. The molecule has 1 fully saturated rings. The molecule has 134 valence electrons. The van der Waals surface area contributed by atoms with Gasteiger partial charge in [0.05, 0.1) is 30.1 Å². The van der Waals surface area contributed by atoms with Crippen LogP contribution >= 0.6 is 0 Å². The van der Waals surface area contributed by atoms with Crippen molar-refractivity contribution in [2.24, 2.45) is 0 Å². The SMILES string of the molecule is CCOC(=O)c1cnc2ccc(F)cc2c1N1CCCC1c1ccco1. The Kier molecular flexibility index (Phi) is 4.32. The second kappa shape index (κ2) is 6.78. The van der Waals surface area contributed by atoms with Crippen LogP contribution in [0.15, 0.2) is 47.2 Å². The summed E-state index contributed by atoms with van der Waals surface area (Å²) in [6, 6.07) is 8.20. The lowest BCUT2D eigenvalue weighted by molar-refractivity contribution is 0.0526. The molecule has 5 nitrogen and oxygen atoms in total. The van der Waals surface area contributed by atoms with Gasteiger partial charge in [0.25, 0.3) is 0 Å². The van der Waals surface area contributed by atoms with Gasteiger partial charge < -0.3 is 14.1 Å². The lowest BCUT2D eigenvalue weighted by Gasteiger charge is -2.28. The smallest absolute Gasteiger partial charge is 0.341 e. The number of furan rings is 1. The minimum atomic E-state index is -0.453. The minimum absolute atomic E-state index is 0.00737. The molecule has 26 heavy (non-hydrogen) atoms. The Balaban J connectivity index is 1.91. The maximum Gasteiger partial charge on any atom is 0.341 e. The number of hydrogen-bond acceptors (Lipinski definition) is 5. The fourth-order valence-electron chi connectivity index (χ4n) is 3.63. The Bertz CT molecular complexity index is 940. The van der Waals surface area contributed by atoms with E-state index < -0.39 is 5.97 Å². The Morgan fingerprint density at radius 2 is 2.31 bits per heavy atom. The zero-order chi connectivity index (χ0) is 18.1. The van der Waals surface area contributed by atoms with Crippen LogP contribution in [0.5, 0.6) is 0 Å². The van der Waals surface area contributed by atoms with Crippen molar-refractivity contribution >= 4 is 22.6 Å². The Labute approximate surface area is 150 Å². The van der Waals surface area contributed by atoms with Crippen LogP contribution in [0.4, 0.5) is 10.1 Å². The van der Waals surface area contributed by atoms with Gasteiger partial charge >= 0.3 is 5.97 Å². The molecule has 3 aromatic rings. The van der Waals surface area contributed by atoms with Crippen LogP contribution < -0.4 is 4.90 Å². The number of carbonyl (C=O) groups is 1. The highest BCUT2D eigenvalue weighted by Crippen LogP contribution is 2.41. The van der Waals surface area contributed by atoms with Crippen LogP contribution in [0.3, 0.4) is 0 Å². The number of ether oxygens (including phenoxy) is 1. The van der Waals surface area contributed by atoms with Gasteiger partial charge in [-0.15, -0.1) is 0 Å². The van der Waals surface area contributed by atoms with E-state index in [0.29, 0.717) is 22.2 Å². The molecule has 0 aliphatic carbocycles. The van der Waals surface area contributed by atoms with E-state index in [-0.39, 0.29) is 18.5 Å². The highest BCUT2D eigenvalue weighted by atomic mass is 19.1. The van der Waals surface area contributed by atoms with Crippen molar-refractivity contribution < 1.29 is 18.3 Å². The van der Waals surface area contributed by atoms with Gasteiger partial charge in [-0.3, -0.25) is 4.98 Å². The molecule has 1 atom stereocenters. The standard InChI is InChI=1S/C20H19FN2O3/c1-2-25-20(24)15-12-22-16-8-7-13(21)11-14(16)19(15)23-9-3-5-17(23)18-6-4-10-26-18/h4,6-8,10-12,17H,2-3,5,9H2,1H3. The summed E-state index contributed by atoms with van der Waals surface area (Å²) in [5, 5.41) is 0.606. The molecule has 0 radical (unpaired) electrons. The first-order valence-electron chi connectivity index (χ1n) is 8.74. The molecule has 1 aromatic carbocycles. The summed E-state index contributed by atoms with van der Waals surface area (Å²) in [7, 11) is 0. The zero-order valence-electron chi connectivity index (χ0n) is 14.4. The first-order valence-corrected chi connectivity index (χ1v) is 8.74. The Morgan fingerprint density at radius 3 is 3.08 bits per heavy atom. The highest BCUT2D eigenvalue weighted by molar-refractivity contribution is 6.05. The number of esters is 1. The summed E-state index contributed by atoms with van der Waals surface area (Å²) in [6.45, 7) is 2.77. The summed E-state index contributed by atoms with van der Waals surface area (Å²) in [6.07, 6.45) is 5.01. The van der Waals surface area contributed by atoms with Gasteiger partial charge in [0.1, 0.15) is 17.1 Å². The molecule has 0 saturated carbocycles. The zero-order valence-corrected chi connectivity index (χ0v) is 14.4. The van der Waals surface area contributed by atoms with Gasteiger partial charge in [-0.05, 0) is 50.1 Å². The molecular formula is C20H19FN2O3. The first-order chi connectivity index (χ1) is 12.7. The van der Waals surface area contributed by atoms with Gasteiger partial charge in [-0.1, -0.05) is 0 Å². The third-order valence-corrected chi connectivity index (χ3v) is 4.71. The molecule has 0 bridgehead atoms. The summed E-state index contributed by atoms with van der Waals surface area (Å²) in [5.74, 6) is 0.0141. The summed E-state index contributed by atoms with van der Waals surface area (Å²) >= 11 is 0. The van der Waals surface area contributed by atoms with Gasteiger partial charge in [-0.2, -0.15) is 0 Å². The molecule has 2 aromatic heterocycles. The monoisotopic (exact) mass is 354 g/mol. The molecule has 3 heterocycles. The highest BCUT2D eigenvalue weighted by Gasteiger charge is 2.32. The summed E-state index contributed by atoms with van der Waals surface area (Å²) < 4.78 is 24.8. The number of benzene rings is 1. The lowest BCUT2D eigenvalue weighted by Crippen LogP contribution is -2.25. The molecule has 4 rings (SSSR count). The number of anilines is 1. The van der Waals surface area contributed by atoms with Gasteiger partial charge in [0.15, 0.2) is 0 Å². The largest absolute Gasteiger partial charge is 0.467 e. The van der Waals surface area contributed by atoms with E-state index in [1.54, 1.807) is 19.3 Å². The van der Waals surface area contributed by atoms with Crippen LogP contribution in [-0.2, 0) is 4.74 Å². The van der Waals surface area contributed by atoms with Crippen molar-refractivity contribution in [3.63, 3.8) is 0 Å². The number of aromatic nitrogens is 1. The lowest BCUT2D eigenvalue weighted by atomic mass is 10.1. The van der Waals surface area contributed by atoms with Crippen LogP contribution in [0, 0.1) is 5.82 Å². The van der Waals surface area contributed by atoms with E-state index in [2.05, 4.69) is 9.88 Å². The van der Waals surface area contributed by atoms with Crippen molar-refractivity contribution in [3.05, 3.63) is 59.9 Å². The average Bonchev–Trinajstić information content (AvgIpc) is 3.32. The van der Waals surface area contributed by atoms with E-state index in [1.165, 1.54) is 18.3 Å². The molecule has 1 aliphatic heterocycles. The number of rotatable bonds is 4. The fraction of sp³-hybridized carbons (Fsp3) is 0.300. The van der Waals surface area contributed by atoms with E-state index >= 15 is 0 Å². The van der Waals surface area contributed by atoms with Crippen LogP contribution in [0.25, 0.3) is 10.9 Å². The maximum absolute atomic E-state index is 14.0. The molecule has 0 N–H and O–H groups in total. The van der Waals surface area contributed by atoms with Crippen molar-refractivity contribution in [2.75, 3.05) is 18.1 Å². The third kappa shape index (κ3) is 2.81. The molecule has 1 aliphatic rings. The summed E-state index contributed by atoms with van der Waals surface area (Å²) in [4.78, 5) is 19.0. The summed E-state index contributed by atoms with van der Waals surface area (Å²) in [5.41, 5.74) is 1.65. The molecule has 0 spiro atoms. The fourth-order valence-corrected chi connectivity index (χ4v) is 3.63. The van der Waals surface area contributed by atoms with Crippen LogP contribution in [0.2, 0.25) is 0 Å². The van der Waals surface area contributed by atoms with Crippen molar-refractivity contribution in [1.29, 1.82) is 0 Å². The molecule has 1 unspecified atom stereocenters. The number of nitrogens with zero attached hydrogens (tertiary/aromatic N) is 2. The molecular weight excluding hydrogens is 335 g/mol. The van der Waals surface area contributed by atoms with Crippen LogP contribution in [-0.4, -0.2) is 24.1 Å². The molecule has 1 saturated heterocycles. The minimum Gasteiger partial charge on any atom is -0.467 e. The third-order valence-electron chi connectivity index (χ3n) is 4.71. The second-order valence-corrected chi connectivity index (χ2v) is 6.27. The van der Waals surface area contributed by atoms with Crippen molar-refractivity contribution in [2.45, 2.75) is 25.8 Å². The maximum atomic E-state index is 14.0. The predicted octanol–water partition coefficient (Wildman–Crippen LogP) is 4.49. The number of carbonyl (C=O) groups excluding carboxylic acids is 1. The van der Waals surface area contributed by atoms with E-state index in [9.17, 15) is 9.18 Å². The van der Waals surface area contributed by atoms with Gasteiger partial charge in [0, 0.05) is 18.1 Å². The average molecular weight is 354 g/mol. The van der Waals surface area contributed by atoms with Crippen LogP contribution in [0.1, 0.15) is 41.9 Å². The molecule has 0 amide bonds. The van der Waals surface area contributed by atoms with Crippen molar-refractivity contribution in [3.8, 4) is 0 Å². The topological polar surface area (TPSA) is 55.6 Å².